The highest BCUT2D eigenvalue weighted by molar-refractivity contribution is 6.55. The van der Waals surface area contributed by atoms with Gasteiger partial charge >= 0.3 is 5.97 Å². The zero-order chi connectivity index (χ0) is 16.6. The van der Waals surface area contributed by atoms with E-state index in [0.717, 1.165) is 5.56 Å². The number of esters is 1. The first kappa shape index (κ1) is 17.5. The van der Waals surface area contributed by atoms with Crippen molar-refractivity contribution >= 4 is 69.7 Å². The fourth-order valence-electron chi connectivity index (χ4n) is 1.59. The van der Waals surface area contributed by atoms with E-state index in [1.807, 2.05) is 6.92 Å². The molecule has 0 spiro atoms. The van der Waals surface area contributed by atoms with Crippen molar-refractivity contribution in [2.45, 2.75) is 6.92 Å². The van der Waals surface area contributed by atoms with Crippen LogP contribution in [0.25, 0.3) is 0 Å². The monoisotopic (exact) mass is 397 g/mol. The van der Waals surface area contributed by atoms with Gasteiger partial charge in [-0.25, -0.2) is 4.79 Å². The van der Waals surface area contributed by atoms with E-state index in [0.29, 0.717) is 5.69 Å². The van der Waals surface area contributed by atoms with Crippen LogP contribution >= 0.6 is 58.0 Å². The third kappa shape index (κ3) is 3.24. The number of hydrogen-bond acceptors (Lipinski definition) is 3. The molecule has 2 aromatic carbocycles. The molecule has 116 valence electrons. The number of halogens is 5. The molecule has 0 atom stereocenters. The van der Waals surface area contributed by atoms with Gasteiger partial charge in [-0.2, -0.15) is 0 Å². The van der Waals surface area contributed by atoms with Crippen LogP contribution in [0.2, 0.25) is 25.1 Å². The second kappa shape index (κ2) is 6.73. The molecular weight excluding hydrogens is 391 g/mol. The van der Waals surface area contributed by atoms with Gasteiger partial charge in [-0.3, -0.25) is 0 Å². The Morgan fingerprint density at radius 2 is 1.45 bits per heavy atom. The predicted molar refractivity (Wildman–Crippen MR) is 92.0 cm³/mol. The molecule has 0 aliphatic carbocycles. The number of anilines is 1. The second-order valence-electron chi connectivity index (χ2n) is 4.36. The third-order valence-electron chi connectivity index (χ3n) is 2.88. The average Bonchev–Trinajstić information content (AvgIpc) is 2.50. The molecule has 0 unspecified atom stereocenters. The topological polar surface area (TPSA) is 52.3 Å². The van der Waals surface area contributed by atoms with Crippen LogP contribution in [0.1, 0.15) is 15.9 Å². The Kier molecular flexibility index (Phi) is 5.36. The van der Waals surface area contributed by atoms with E-state index in [9.17, 15) is 4.79 Å². The van der Waals surface area contributed by atoms with Crippen molar-refractivity contribution in [1.82, 2.24) is 0 Å². The van der Waals surface area contributed by atoms with Gasteiger partial charge < -0.3 is 10.5 Å². The van der Waals surface area contributed by atoms with Crippen molar-refractivity contribution in [2.75, 3.05) is 5.73 Å². The van der Waals surface area contributed by atoms with Gasteiger partial charge in [-0.05, 0) is 24.6 Å². The summed E-state index contributed by atoms with van der Waals surface area (Å²) >= 11 is 29.7. The Balaban J connectivity index is 2.42. The largest absolute Gasteiger partial charge is 0.420 e. The van der Waals surface area contributed by atoms with Crippen LogP contribution in [0.5, 0.6) is 5.75 Å². The molecule has 22 heavy (non-hydrogen) atoms. The number of rotatable bonds is 2. The van der Waals surface area contributed by atoms with Gasteiger partial charge in [0.05, 0.1) is 20.6 Å². The minimum atomic E-state index is -0.704. The van der Waals surface area contributed by atoms with Gasteiger partial charge in [0.15, 0.2) is 5.75 Å². The maximum Gasteiger partial charge on any atom is 0.343 e. The summed E-state index contributed by atoms with van der Waals surface area (Å²) < 4.78 is 5.19. The number of ether oxygens (including phenoxy) is 1. The van der Waals surface area contributed by atoms with Crippen molar-refractivity contribution in [3.63, 3.8) is 0 Å². The Bertz CT molecular complexity index is 747. The lowest BCUT2D eigenvalue weighted by atomic mass is 10.1. The normalized spacial score (nSPS) is 10.6. The molecule has 0 bridgehead atoms. The summed E-state index contributed by atoms with van der Waals surface area (Å²) in [7, 11) is 0. The molecule has 0 saturated heterocycles. The predicted octanol–water partition coefficient (Wildman–Crippen LogP) is 6.06. The van der Waals surface area contributed by atoms with Crippen molar-refractivity contribution in [3.8, 4) is 5.75 Å². The van der Waals surface area contributed by atoms with Crippen LogP contribution in [0.3, 0.4) is 0 Å². The SMILES string of the molecule is Cc1ccc(C(=O)Oc2c(Cl)c(Cl)c(Cl)c(Cl)c2Cl)cc1N. The molecule has 3 nitrogen and oxygen atoms in total. The zero-order valence-corrected chi connectivity index (χ0v) is 14.8. The lowest BCUT2D eigenvalue weighted by Crippen LogP contribution is -2.10. The first-order chi connectivity index (χ1) is 10.2. The van der Waals surface area contributed by atoms with Crippen LogP contribution in [0.15, 0.2) is 18.2 Å². The number of carbonyl (C=O) groups excluding carboxylic acids is 1. The Labute approximate surface area is 151 Å². The Morgan fingerprint density at radius 1 is 0.955 bits per heavy atom. The summed E-state index contributed by atoms with van der Waals surface area (Å²) in [5, 5.41) is -0.324. The highest BCUT2D eigenvalue weighted by Gasteiger charge is 2.23. The summed E-state index contributed by atoms with van der Waals surface area (Å²) in [4.78, 5) is 12.2. The van der Waals surface area contributed by atoms with Crippen molar-refractivity contribution in [2.24, 2.45) is 0 Å². The highest BCUT2D eigenvalue weighted by Crippen LogP contribution is 2.48. The van der Waals surface area contributed by atoms with Gasteiger partial charge in [0, 0.05) is 5.69 Å². The highest BCUT2D eigenvalue weighted by atomic mass is 35.5. The van der Waals surface area contributed by atoms with E-state index in [2.05, 4.69) is 0 Å². The zero-order valence-electron chi connectivity index (χ0n) is 11.0. The molecule has 0 heterocycles. The first-order valence-corrected chi connectivity index (χ1v) is 7.72. The molecule has 0 aromatic heterocycles. The fraction of sp³-hybridized carbons (Fsp3) is 0.0714. The second-order valence-corrected chi connectivity index (χ2v) is 6.25. The van der Waals surface area contributed by atoms with Crippen molar-refractivity contribution in [3.05, 3.63) is 54.4 Å². The Hall–Kier alpha value is -0.840. The summed E-state index contributed by atoms with van der Waals surface area (Å²) in [6, 6.07) is 4.74. The quantitative estimate of drug-likeness (QED) is 0.219. The van der Waals surface area contributed by atoms with E-state index in [4.69, 9.17) is 68.5 Å². The van der Waals surface area contributed by atoms with Crippen LogP contribution < -0.4 is 10.5 Å². The minimum absolute atomic E-state index is 0.0160. The number of aryl methyl sites for hydroxylation is 1. The summed E-state index contributed by atoms with van der Waals surface area (Å²) in [6.07, 6.45) is 0. The van der Waals surface area contributed by atoms with E-state index in [-0.39, 0.29) is 36.4 Å². The number of nitrogens with two attached hydrogens (primary N) is 1. The molecule has 0 aliphatic heterocycles. The number of carbonyl (C=O) groups is 1. The van der Waals surface area contributed by atoms with Crippen molar-refractivity contribution < 1.29 is 9.53 Å². The molecule has 8 heteroatoms. The lowest BCUT2D eigenvalue weighted by molar-refractivity contribution is 0.0735. The molecular formula is C14H8Cl5NO2. The standard InChI is InChI=1S/C14H8Cl5NO2/c1-5-2-3-6(4-7(5)20)14(21)22-13-11(18)9(16)8(15)10(17)12(13)19/h2-4H,20H2,1H3. The molecule has 0 radical (unpaired) electrons. The first-order valence-electron chi connectivity index (χ1n) is 5.83. The van der Waals surface area contributed by atoms with E-state index >= 15 is 0 Å². The van der Waals surface area contributed by atoms with E-state index < -0.39 is 5.97 Å². The maximum atomic E-state index is 12.2. The summed E-state index contributed by atoms with van der Waals surface area (Å²) in [5.74, 6) is -0.864. The number of benzene rings is 2. The van der Waals surface area contributed by atoms with Gasteiger partial charge in [0.25, 0.3) is 0 Å². The number of hydrogen-bond donors (Lipinski definition) is 1. The Morgan fingerprint density at radius 3 is 1.95 bits per heavy atom. The molecule has 0 amide bonds. The van der Waals surface area contributed by atoms with E-state index in [1.54, 1.807) is 12.1 Å². The molecule has 2 N–H and O–H groups in total. The molecule has 0 aliphatic rings. The average molecular weight is 399 g/mol. The van der Waals surface area contributed by atoms with Gasteiger partial charge in [0.2, 0.25) is 0 Å². The van der Waals surface area contributed by atoms with Crippen LogP contribution in [0.4, 0.5) is 5.69 Å². The maximum absolute atomic E-state index is 12.2. The fourth-order valence-corrected chi connectivity index (χ4v) is 2.79. The smallest absolute Gasteiger partial charge is 0.343 e. The molecule has 2 rings (SSSR count). The molecule has 2 aromatic rings. The number of nitrogen functional groups attached to an aromatic ring is 1. The van der Waals surface area contributed by atoms with Gasteiger partial charge in [0.1, 0.15) is 10.0 Å². The summed E-state index contributed by atoms with van der Waals surface area (Å²) in [6.45, 7) is 1.82. The van der Waals surface area contributed by atoms with Crippen LogP contribution in [0, 0.1) is 6.92 Å². The third-order valence-corrected chi connectivity index (χ3v) is 5.12. The summed E-state index contributed by atoms with van der Waals surface area (Å²) in [5.41, 5.74) is 7.29. The van der Waals surface area contributed by atoms with Crippen molar-refractivity contribution in [1.29, 1.82) is 0 Å². The van der Waals surface area contributed by atoms with Crippen LogP contribution in [-0.4, -0.2) is 5.97 Å². The van der Waals surface area contributed by atoms with Crippen LogP contribution in [-0.2, 0) is 0 Å². The minimum Gasteiger partial charge on any atom is -0.420 e. The van der Waals surface area contributed by atoms with Gasteiger partial charge in [-0.1, -0.05) is 64.1 Å². The van der Waals surface area contributed by atoms with Gasteiger partial charge in [-0.15, -0.1) is 0 Å². The molecule has 0 saturated carbocycles. The lowest BCUT2D eigenvalue weighted by Gasteiger charge is -2.12. The molecule has 0 fully saturated rings. The van der Waals surface area contributed by atoms with E-state index in [1.165, 1.54) is 6.07 Å².